The SMILES string of the molecule is CC1(C)CCC(CC(=O)N2CCC(O)(C(F)(F)F)CC2)CC1. The molecular weight excluding hydrogens is 295 g/mol. The average molecular weight is 321 g/mol. The third kappa shape index (κ3) is 3.94. The first-order valence-electron chi connectivity index (χ1n) is 8.09. The summed E-state index contributed by atoms with van der Waals surface area (Å²) in [6.45, 7) is 4.45. The molecule has 2 fully saturated rings. The lowest BCUT2D eigenvalue weighted by Crippen LogP contribution is -2.54. The number of piperidine rings is 1. The Morgan fingerprint density at radius 3 is 2.09 bits per heavy atom. The van der Waals surface area contributed by atoms with Crippen LogP contribution in [0.25, 0.3) is 0 Å². The molecule has 0 bridgehead atoms. The van der Waals surface area contributed by atoms with E-state index in [1.165, 1.54) is 4.90 Å². The highest BCUT2D eigenvalue weighted by atomic mass is 19.4. The molecule has 0 unspecified atom stereocenters. The molecule has 2 aliphatic rings. The van der Waals surface area contributed by atoms with E-state index in [0.717, 1.165) is 25.7 Å². The fourth-order valence-electron chi connectivity index (χ4n) is 3.45. The predicted octanol–water partition coefficient (Wildman–Crippen LogP) is 3.51. The van der Waals surface area contributed by atoms with Gasteiger partial charge in [-0.1, -0.05) is 13.8 Å². The Kier molecular flexibility index (Phi) is 4.81. The number of halogens is 3. The second-order valence-corrected chi connectivity index (χ2v) is 7.72. The molecule has 1 saturated carbocycles. The molecule has 2 rings (SSSR count). The van der Waals surface area contributed by atoms with Crippen molar-refractivity contribution in [3.8, 4) is 0 Å². The van der Waals surface area contributed by atoms with Gasteiger partial charge in [0.05, 0.1) is 0 Å². The minimum absolute atomic E-state index is 0.00689. The summed E-state index contributed by atoms with van der Waals surface area (Å²) in [7, 11) is 0. The number of carbonyl (C=O) groups is 1. The van der Waals surface area contributed by atoms with Crippen molar-refractivity contribution in [2.75, 3.05) is 13.1 Å². The highest BCUT2D eigenvalue weighted by molar-refractivity contribution is 5.76. The van der Waals surface area contributed by atoms with Gasteiger partial charge in [-0.15, -0.1) is 0 Å². The summed E-state index contributed by atoms with van der Waals surface area (Å²) < 4.78 is 38.2. The van der Waals surface area contributed by atoms with Crippen LogP contribution in [0.5, 0.6) is 0 Å². The standard InChI is InChI=1S/C16H26F3NO2/c1-14(2)5-3-12(4-6-14)11-13(21)20-9-7-15(22,8-10-20)16(17,18)19/h12,22H,3-11H2,1-2H3. The second kappa shape index (κ2) is 6.02. The van der Waals surface area contributed by atoms with Gasteiger partial charge in [-0.2, -0.15) is 13.2 Å². The van der Waals surface area contributed by atoms with Crippen LogP contribution < -0.4 is 0 Å². The maximum atomic E-state index is 12.7. The first-order chi connectivity index (χ1) is 10.0. The van der Waals surface area contributed by atoms with Gasteiger partial charge in [0.1, 0.15) is 0 Å². The Labute approximate surface area is 129 Å². The molecule has 0 aromatic carbocycles. The zero-order chi connectivity index (χ0) is 16.6. The van der Waals surface area contributed by atoms with Crippen LogP contribution in [0.4, 0.5) is 13.2 Å². The fraction of sp³-hybridized carbons (Fsp3) is 0.938. The molecule has 0 aromatic heterocycles. The largest absolute Gasteiger partial charge is 0.417 e. The first-order valence-corrected chi connectivity index (χ1v) is 8.09. The van der Waals surface area contributed by atoms with Crippen LogP contribution in [0.1, 0.15) is 58.8 Å². The number of likely N-dealkylation sites (tertiary alicyclic amines) is 1. The van der Waals surface area contributed by atoms with Gasteiger partial charge in [-0.3, -0.25) is 4.79 Å². The van der Waals surface area contributed by atoms with Crippen molar-refractivity contribution >= 4 is 5.91 Å². The van der Waals surface area contributed by atoms with E-state index in [1.54, 1.807) is 0 Å². The van der Waals surface area contributed by atoms with Gasteiger partial charge < -0.3 is 10.0 Å². The minimum atomic E-state index is -4.61. The maximum absolute atomic E-state index is 12.7. The highest BCUT2D eigenvalue weighted by Crippen LogP contribution is 2.40. The number of hydrogen-bond acceptors (Lipinski definition) is 2. The summed E-state index contributed by atoms with van der Waals surface area (Å²) in [5, 5.41) is 9.62. The number of nitrogens with zero attached hydrogens (tertiary/aromatic N) is 1. The third-order valence-corrected chi connectivity index (χ3v) is 5.39. The normalized spacial score (nSPS) is 26.0. The van der Waals surface area contributed by atoms with Crippen molar-refractivity contribution in [2.24, 2.45) is 11.3 Å². The number of carbonyl (C=O) groups excluding carboxylic acids is 1. The molecule has 0 spiro atoms. The molecule has 1 N–H and O–H groups in total. The van der Waals surface area contributed by atoms with Gasteiger partial charge in [0.15, 0.2) is 5.60 Å². The van der Waals surface area contributed by atoms with Gasteiger partial charge in [0.25, 0.3) is 0 Å². The lowest BCUT2D eigenvalue weighted by Gasteiger charge is -2.40. The van der Waals surface area contributed by atoms with E-state index in [4.69, 9.17) is 0 Å². The van der Waals surface area contributed by atoms with E-state index >= 15 is 0 Å². The molecule has 128 valence electrons. The molecule has 1 aliphatic carbocycles. The molecule has 6 heteroatoms. The Morgan fingerprint density at radius 2 is 1.64 bits per heavy atom. The van der Waals surface area contributed by atoms with E-state index < -0.39 is 24.6 Å². The molecular formula is C16H26F3NO2. The zero-order valence-corrected chi connectivity index (χ0v) is 13.4. The van der Waals surface area contributed by atoms with Crippen LogP contribution in [0.15, 0.2) is 0 Å². The first kappa shape index (κ1) is 17.6. The van der Waals surface area contributed by atoms with Gasteiger partial charge in [-0.25, -0.2) is 0 Å². The number of hydrogen-bond donors (Lipinski definition) is 1. The summed E-state index contributed by atoms with van der Waals surface area (Å²) in [5.41, 5.74) is -2.29. The molecule has 0 radical (unpaired) electrons. The van der Waals surface area contributed by atoms with Crippen molar-refractivity contribution in [3.63, 3.8) is 0 Å². The molecule has 1 amide bonds. The van der Waals surface area contributed by atoms with Crippen LogP contribution >= 0.6 is 0 Å². The van der Waals surface area contributed by atoms with Gasteiger partial charge in [0.2, 0.25) is 5.91 Å². The van der Waals surface area contributed by atoms with Crippen LogP contribution in [-0.2, 0) is 4.79 Å². The van der Waals surface area contributed by atoms with E-state index in [0.29, 0.717) is 17.8 Å². The van der Waals surface area contributed by atoms with Crippen LogP contribution in [-0.4, -0.2) is 40.8 Å². The van der Waals surface area contributed by atoms with E-state index in [9.17, 15) is 23.1 Å². The van der Waals surface area contributed by atoms with Crippen LogP contribution in [0, 0.1) is 11.3 Å². The molecule has 1 aliphatic heterocycles. The molecule has 22 heavy (non-hydrogen) atoms. The molecule has 0 aromatic rings. The lowest BCUT2D eigenvalue weighted by molar-refractivity contribution is -0.272. The van der Waals surface area contributed by atoms with Crippen LogP contribution in [0.2, 0.25) is 0 Å². The topological polar surface area (TPSA) is 40.5 Å². The summed E-state index contributed by atoms with van der Waals surface area (Å²) in [6.07, 6.45) is -0.798. The van der Waals surface area contributed by atoms with Crippen LogP contribution in [0.3, 0.4) is 0 Å². The lowest BCUT2D eigenvalue weighted by atomic mass is 9.72. The van der Waals surface area contributed by atoms with Crippen molar-refractivity contribution in [1.82, 2.24) is 4.90 Å². The third-order valence-electron chi connectivity index (χ3n) is 5.39. The van der Waals surface area contributed by atoms with E-state index in [-0.39, 0.29) is 19.0 Å². The number of rotatable bonds is 2. The quantitative estimate of drug-likeness (QED) is 0.845. The highest BCUT2D eigenvalue weighted by Gasteiger charge is 2.54. The van der Waals surface area contributed by atoms with Gasteiger partial charge in [0, 0.05) is 32.4 Å². The van der Waals surface area contributed by atoms with Crippen molar-refractivity contribution in [2.45, 2.75) is 70.6 Å². The van der Waals surface area contributed by atoms with Gasteiger partial charge >= 0.3 is 6.18 Å². The summed E-state index contributed by atoms with van der Waals surface area (Å²) >= 11 is 0. The number of amides is 1. The summed E-state index contributed by atoms with van der Waals surface area (Å²) in [5.74, 6) is 0.290. The summed E-state index contributed by atoms with van der Waals surface area (Å²) in [4.78, 5) is 13.7. The number of aliphatic hydroxyl groups is 1. The fourth-order valence-corrected chi connectivity index (χ4v) is 3.45. The maximum Gasteiger partial charge on any atom is 0.417 e. The Balaban J connectivity index is 1.81. The predicted molar refractivity (Wildman–Crippen MR) is 77.2 cm³/mol. The van der Waals surface area contributed by atoms with Crippen molar-refractivity contribution in [1.29, 1.82) is 0 Å². The smallest absolute Gasteiger partial charge is 0.380 e. The minimum Gasteiger partial charge on any atom is -0.380 e. The molecule has 0 atom stereocenters. The van der Waals surface area contributed by atoms with E-state index in [2.05, 4.69) is 13.8 Å². The zero-order valence-electron chi connectivity index (χ0n) is 13.4. The second-order valence-electron chi connectivity index (χ2n) is 7.72. The number of alkyl halides is 3. The Morgan fingerprint density at radius 1 is 1.14 bits per heavy atom. The average Bonchev–Trinajstić information content (AvgIpc) is 2.40. The van der Waals surface area contributed by atoms with E-state index in [1.807, 2.05) is 0 Å². The Bertz CT molecular complexity index is 402. The molecule has 1 heterocycles. The molecule has 1 saturated heterocycles. The Hall–Kier alpha value is -0.780. The van der Waals surface area contributed by atoms with Crippen molar-refractivity contribution < 1.29 is 23.1 Å². The van der Waals surface area contributed by atoms with Gasteiger partial charge in [-0.05, 0) is 37.0 Å². The summed E-state index contributed by atoms with van der Waals surface area (Å²) in [6, 6.07) is 0. The molecule has 3 nitrogen and oxygen atoms in total. The monoisotopic (exact) mass is 321 g/mol. The van der Waals surface area contributed by atoms with Crippen molar-refractivity contribution in [3.05, 3.63) is 0 Å².